The van der Waals surface area contributed by atoms with Gasteiger partial charge in [-0.1, -0.05) is 217 Å². The second-order valence-corrected chi connectivity index (χ2v) is 18.9. The lowest BCUT2D eigenvalue weighted by Gasteiger charge is -2.26. The Morgan fingerprint density at radius 3 is 0.981 bits per heavy atom. The van der Waals surface area contributed by atoms with Crippen molar-refractivity contribution in [2.75, 3.05) is 0 Å². The van der Waals surface area contributed by atoms with E-state index in [2.05, 4.69) is 217 Å². The molecule has 0 radical (unpaired) electrons. The van der Waals surface area contributed by atoms with Crippen molar-refractivity contribution in [1.82, 2.24) is 0 Å². The summed E-state index contributed by atoms with van der Waals surface area (Å²) in [5.74, 6) is 0. The van der Waals surface area contributed by atoms with Crippen LogP contribution in [0.3, 0.4) is 0 Å². The van der Waals surface area contributed by atoms with Crippen LogP contribution in [0.2, 0.25) is 0 Å². The molecule has 0 unspecified atom stereocenters. The van der Waals surface area contributed by atoms with Crippen molar-refractivity contribution in [3.63, 3.8) is 0 Å². The maximum Gasteiger partial charge on any atom is -0.0125 e. The third kappa shape index (κ3) is 8.18. The summed E-state index contributed by atoms with van der Waals surface area (Å²) in [6.45, 7) is 27.6. The van der Waals surface area contributed by atoms with E-state index in [-0.39, 0.29) is 21.7 Å². The van der Waals surface area contributed by atoms with Crippen LogP contribution in [0, 0.1) is 0 Å². The van der Waals surface area contributed by atoms with Crippen LogP contribution in [-0.4, -0.2) is 0 Å². The van der Waals surface area contributed by atoms with Crippen molar-refractivity contribution in [1.29, 1.82) is 0 Å². The molecule has 0 N–H and O–H groups in total. The zero-order valence-corrected chi connectivity index (χ0v) is 33.7. The highest BCUT2D eigenvalue weighted by Gasteiger charge is 2.23. The molecule has 0 heteroatoms. The first-order chi connectivity index (χ1) is 24.3. The summed E-state index contributed by atoms with van der Waals surface area (Å²) in [7, 11) is 0. The summed E-state index contributed by atoms with van der Waals surface area (Å²) >= 11 is 0. The first-order valence-corrected chi connectivity index (χ1v) is 19.0. The van der Waals surface area contributed by atoms with Gasteiger partial charge in [0.2, 0.25) is 0 Å². The van der Waals surface area contributed by atoms with E-state index in [0.29, 0.717) is 0 Å². The molecule has 0 aliphatic rings. The summed E-state index contributed by atoms with van der Waals surface area (Å²) < 4.78 is 0. The molecular formula is C52H58. The van der Waals surface area contributed by atoms with Crippen LogP contribution in [0.15, 0.2) is 133 Å². The van der Waals surface area contributed by atoms with Crippen LogP contribution in [0.1, 0.15) is 105 Å². The summed E-state index contributed by atoms with van der Waals surface area (Å²) in [4.78, 5) is 0. The highest BCUT2D eigenvalue weighted by atomic mass is 14.3. The molecule has 0 aliphatic heterocycles. The number of benzene rings is 6. The first kappa shape index (κ1) is 37.1. The molecule has 52 heavy (non-hydrogen) atoms. The second-order valence-electron chi connectivity index (χ2n) is 18.9. The number of hydrogen-bond acceptors (Lipinski definition) is 0. The SMILES string of the molecule is CC(C)(C)c1cccc(-c2ccc(-c3ccc(-c4ccc(-c5ccc(-c6cc(C(C)(C)C)cc(C(C)(C)C)c6)cc5)cc4)cc3)cc2C(C)(C)C)c1. The smallest absolute Gasteiger partial charge is 0.0125 e. The Hall–Kier alpha value is -4.68. The molecule has 0 saturated heterocycles. The Morgan fingerprint density at radius 1 is 0.250 bits per heavy atom. The van der Waals surface area contributed by atoms with E-state index < -0.39 is 0 Å². The molecule has 0 fully saturated rings. The van der Waals surface area contributed by atoms with E-state index in [1.165, 1.54) is 77.9 Å². The quantitative estimate of drug-likeness (QED) is 0.170. The molecule has 0 saturated carbocycles. The van der Waals surface area contributed by atoms with E-state index in [0.717, 1.165) is 0 Å². The van der Waals surface area contributed by atoms with Crippen LogP contribution in [0.5, 0.6) is 0 Å². The van der Waals surface area contributed by atoms with Crippen molar-refractivity contribution in [3.05, 3.63) is 156 Å². The molecule has 0 atom stereocenters. The Labute approximate surface area is 315 Å². The highest BCUT2D eigenvalue weighted by molar-refractivity contribution is 5.78. The average Bonchev–Trinajstić information content (AvgIpc) is 3.10. The van der Waals surface area contributed by atoms with Gasteiger partial charge in [-0.3, -0.25) is 0 Å². The monoisotopic (exact) mass is 682 g/mol. The molecule has 0 bridgehead atoms. The van der Waals surface area contributed by atoms with Crippen LogP contribution in [-0.2, 0) is 21.7 Å². The van der Waals surface area contributed by atoms with Gasteiger partial charge in [0, 0.05) is 0 Å². The van der Waals surface area contributed by atoms with Gasteiger partial charge >= 0.3 is 0 Å². The third-order valence-electron chi connectivity index (χ3n) is 10.5. The minimum Gasteiger partial charge on any atom is -0.0614 e. The lowest BCUT2D eigenvalue weighted by Crippen LogP contribution is -2.16. The van der Waals surface area contributed by atoms with Gasteiger partial charge in [0.05, 0.1) is 0 Å². The zero-order valence-electron chi connectivity index (χ0n) is 33.7. The molecule has 0 aliphatic carbocycles. The summed E-state index contributed by atoms with van der Waals surface area (Å²) in [5, 5.41) is 0. The van der Waals surface area contributed by atoms with E-state index >= 15 is 0 Å². The second kappa shape index (κ2) is 13.7. The number of rotatable bonds is 5. The Balaban J connectivity index is 1.22. The largest absolute Gasteiger partial charge is 0.0614 e. The van der Waals surface area contributed by atoms with Gasteiger partial charge in [0.1, 0.15) is 0 Å². The summed E-state index contributed by atoms with van der Waals surface area (Å²) in [6, 6.07) is 50.3. The molecule has 0 nitrogen and oxygen atoms in total. The Morgan fingerprint density at radius 2 is 0.596 bits per heavy atom. The van der Waals surface area contributed by atoms with Crippen molar-refractivity contribution >= 4 is 0 Å². The van der Waals surface area contributed by atoms with Gasteiger partial charge in [0.15, 0.2) is 0 Å². The predicted octanol–water partition coefficient (Wildman–Crippen LogP) is 15.2. The van der Waals surface area contributed by atoms with Crippen LogP contribution < -0.4 is 0 Å². The average molecular weight is 683 g/mol. The Kier molecular flexibility index (Phi) is 9.77. The van der Waals surface area contributed by atoms with Crippen molar-refractivity contribution in [2.24, 2.45) is 0 Å². The van der Waals surface area contributed by atoms with Gasteiger partial charge in [0.25, 0.3) is 0 Å². The lowest BCUT2D eigenvalue weighted by atomic mass is 9.79. The zero-order chi connectivity index (χ0) is 37.6. The van der Waals surface area contributed by atoms with Crippen molar-refractivity contribution in [3.8, 4) is 55.6 Å². The van der Waals surface area contributed by atoms with E-state index in [9.17, 15) is 0 Å². The third-order valence-corrected chi connectivity index (χ3v) is 10.5. The number of hydrogen-bond donors (Lipinski definition) is 0. The highest BCUT2D eigenvalue weighted by Crippen LogP contribution is 2.39. The van der Waals surface area contributed by atoms with Gasteiger partial charge in [-0.05, 0) is 99.5 Å². The first-order valence-electron chi connectivity index (χ1n) is 19.0. The fourth-order valence-electron chi connectivity index (χ4n) is 6.97. The van der Waals surface area contributed by atoms with Gasteiger partial charge in [-0.15, -0.1) is 0 Å². The van der Waals surface area contributed by atoms with Crippen molar-refractivity contribution in [2.45, 2.75) is 105 Å². The maximum absolute atomic E-state index is 2.40. The van der Waals surface area contributed by atoms with Gasteiger partial charge in [-0.2, -0.15) is 0 Å². The van der Waals surface area contributed by atoms with Crippen molar-refractivity contribution < 1.29 is 0 Å². The van der Waals surface area contributed by atoms with Gasteiger partial charge in [-0.25, -0.2) is 0 Å². The fraction of sp³-hybridized carbons (Fsp3) is 0.308. The van der Waals surface area contributed by atoms with Crippen LogP contribution >= 0.6 is 0 Å². The Bertz CT molecular complexity index is 2130. The van der Waals surface area contributed by atoms with E-state index in [1.54, 1.807) is 0 Å². The van der Waals surface area contributed by atoms with Crippen LogP contribution in [0.25, 0.3) is 55.6 Å². The molecule has 0 amide bonds. The molecule has 6 rings (SSSR count). The summed E-state index contributed by atoms with van der Waals surface area (Å²) in [6.07, 6.45) is 0. The molecule has 6 aromatic rings. The lowest BCUT2D eigenvalue weighted by molar-refractivity contribution is 0.569. The molecule has 0 spiro atoms. The molecule has 6 aromatic carbocycles. The molecule has 0 aromatic heterocycles. The predicted molar refractivity (Wildman–Crippen MR) is 228 cm³/mol. The molecular weight excluding hydrogens is 625 g/mol. The summed E-state index contributed by atoms with van der Waals surface area (Å²) in [5.41, 5.74) is 18.4. The van der Waals surface area contributed by atoms with Crippen LogP contribution in [0.4, 0.5) is 0 Å². The normalized spacial score (nSPS) is 12.6. The molecule has 0 heterocycles. The van der Waals surface area contributed by atoms with E-state index in [4.69, 9.17) is 0 Å². The maximum atomic E-state index is 2.40. The molecule has 266 valence electrons. The minimum absolute atomic E-state index is 0.0121. The standard InChI is InChI=1S/C52H58/c1-49(2,3)44-15-13-14-42(30-44)47-29-28-41(33-48(47)52(10,11)12)39-24-20-37(21-25-39)35-16-18-36(19-17-35)38-22-26-40(27-23-38)43-31-45(50(4,5)6)34-46(32-43)51(7,8)9/h13-34H,1-12H3. The fourth-order valence-corrected chi connectivity index (χ4v) is 6.97. The minimum atomic E-state index is 0.0121. The van der Waals surface area contributed by atoms with E-state index in [1.807, 2.05) is 0 Å². The van der Waals surface area contributed by atoms with Gasteiger partial charge < -0.3 is 0 Å². The topological polar surface area (TPSA) is 0 Å².